The first-order chi connectivity index (χ1) is 12.8. The molecule has 0 saturated heterocycles. The number of ether oxygens (including phenoxy) is 1. The molecule has 0 unspecified atom stereocenters. The van der Waals surface area contributed by atoms with Gasteiger partial charge in [-0.3, -0.25) is 14.6 Å². The number of unbranched alkanes of at least 4 members (excludes halogenated alkanes) is 3. The van der Waals surface area contributed by atoms with Crippen molar-refractivity contribution in [3.05, 3.63) is 0 Å². The van der Waals surface area contributed by atoms with E-state index in [1.165, 1.54) is 0 Å². The molecular formula is C20H39IN4O3. The Balaban J connectivity index is 0.00000729. The number of hydrogen-bond donors (Lipinski definition) is 3. The van der Waals surface area contributed by atoms with Gasteiger partial charge in [0.15, 0.2) is 5.96 Å². The smallest absolute Gasteiger partial charge is 0.306 e. The van der Waals surface area contributed by atoms with Gasteiger partial charge < -0.3 is 20.7 Å². The van der Waals surface area contributed by atoms with Gasteiger partial charge in [-0.2, -0.15) is 0 Å². The van der Waals surface area contributed by atoms with E-state index in [1.54, 1.807) is 0 Å². The van der Waals surface area contributed by atoms with E-state index in [9.17, 15) is 9.59 Å². The first kappa shape index (κ1) is 26.9. The molecule has 0 aromatic carbocycles. The van der Waals surface area contributed by atoms with Crippen molar-refractivity contribution in [1.29, 1.82) is 0 Å². The lowest BCUT2D eigenvalue weighted by Crippen LogP contribution is -2.41. The Morgan fingerprint density at radius 2 is 1.64 bits per heavy atom. The molecule has 1 aliphatic rings. The highest BCUT2D eigenvalue weighted by Crippen LogP contribution is 2.28. The number of carbonyl (C=O) groups excluding carboxylic acids is 2. The van der Waals surface area contributed by atoms with Gasteiger partial charge in [-0.1, -0.05) is 12.8 Å². The summed E-state index contributed by atoms with van der Waals surface area (Å²) in [6.07, 6.45) is 6.44. The number of carbonyl (C=O) groups is 2. The van der Waals surface area contributed by atoms with Crippen LogP contribution in [0.1, 0.15) is 72.6 Å². The van der Waals surface area contributed by atoms with Crippen LogP contribution in [0.5, 0.6) is 0 Å². The molecule has 0 aromatic rings. The van der Waals surface area contributed by atoms with Gasteiger partial charge in [-0.05, 0) is 53.4 Å². The minimum atomic E-state index is -0.401. The largest absolute Gasteiger partial charge is 0.460 e. The molecule has 7 nitrogen and oxygen atoms in total. The number of aliphatic imine (C=N–C) groups is 1. The van der Waals surface area contributed by atoms with Crippen molar-refractivity contribution >= 4 is 41.8 Å². The first-order valence-corrected chi connectivity index (χ1v) is 10.3. The Bertz CT molecular complexity index is 488. The molecule has 1 amide bonds. The van der Waals surface area contributed by atoms with Crippen LogP contribution in [0.2, 0.25) is 0 Å². The molecule has 0 radical (unpaired) electrons. The number of amides is 1. The van der Waals surface area contributed by atoms with E-state index in [1.807, 2.05) is 27.7 Å². The maximum atomic E-state index is 11.6. The van der Waals surface area contributed by atoms with Crippen LogP contribution in [0, 0.1) is 5.92 Å². The molecule has 1 saturated carbocycles. The molecule has 0 aliphatic heterocycles. The van der Waals surface area contributed by atoms with E-state index in [0.29, 0.717) is 19.5 Å². The second-order valence-corrected chi connectivity index (χ2v) is 8.00. The van der Waals surface area contributed by atoms with E-state index in [0.717, 1.165) is 57.6 Å². The third-order valence-electron chi connectivity index (χ3n) is 3.99. The van der Waals surface area contributed by atoms with E-state index in [-0.39, 0.29) is 41.8 Å². The minimum Gasteiger partial charge on any atom is -0.460 e. The Hall–Kier alpha value is -1.06. The van der Waals surface area contributed by atoms with Crippen LogP contribution in [-0.2, 0) is 14.3 Å². The van der Waals surface area contributed by atoms with E-state index in [2.05, 4.69) is 20.9 Å². The zero-order valence-electron chi connectivity index (χ0n) is 17.9. The molecule has 8 heteroatoms. The second-order valence-electron chi connectivity index (χ2n) is 8.00. The van der Waals surface area contributed by atoms with Crippen molar-refractivity contribution in [1.82, 2.24) is 16.0 Å². The molecule has 0 heterocycles. The zero-order chi connectivity index (χ0) is 20.1. The van der Waals surface area contributed by atoms with Gasteiger partial charge in [0, 0.05) is 38.5 Å². The maximum absolute atomic E-state index is 11.6. The van der Waals surface area contributed by atoms with Crippen LogP contribution < -0.4 is 16.0 Å². The SMILES string of the molecule is CCNC(=NCCCCCCC(=O)OC(C)(C)C)NCCNC(=O)C1CC1.I. The molecule has 1 aliphatic carbocycles. The van der Waals surface area contributed by atoms with Gasteiger partial charge in [0.05, 0.1) is 0 Å². The number of nitrogens with one attached hydrogen (secondary N) is 3. The number of rotatable bonds is 12. The highest BCUT2D eigenvalue weighted by molar-refractivity contribution is 14.0. The van der Waals surface area contributed by atoms with Gasteiger partial charge in [-0.15, -0.1) is 24.0 Å². The molecule has 164 valence electrons. The van der Waals surface area contributed by atoms with Gasteiger partial charge in [0.1, 0.15) is 5.60 Å². The fourth-order valence-corrected chi connectivity index (χ4v) is 2.52. The fraction of sp³-hybridized carbons (Fsp3) is 0.850. The van der Waals surface area contributed by atoms with Crippen LogP contribution in [0.15, 0.2) is 4.99 Å². The Morgan fingerprint density at radius 1 is 1.00 bits per heavy atom. The first-order valence-electron chi connectivity index (χ1n) is 10.3. The standard InChI is InChI=1S/C20H38N4O3.HI/c1-5-21-19(24-15-14-22-18(26)16-11-12-16)23-13-9-7-6-8-10-17(25)27-20(2,3)4;/h16H,5-15H2,1-4H3,(H,22,26)(H2,21,23,24);1H. The van der Waals surface area contributed by atoms with Gasteiger partial charge in [-0.25, -0.2) is 0 Å². The van der Waals surface area contributed by atoms with Crippen LogP contribution in [0.25, 0.3) is 0 Å². The lowest BCUT2D eigenvalue weighted by atomic mass is 10.1. The third kappa shape index (κ3) is 14.9. The highest BCUT2D eigenvalue weighted by atomic mass is 127. The molecule has 3 N–H and O–H groups in total. The lowest BCUT2D eigenvalue weighted by molar-refractivity contribution is -0.154. The fourth-order valence-electron chi connectivity index (χ4n) is 2.52. The second kappa shape index (κ2) is 14.9. The summed E-state index contributed by atoms with van der Waals surface area (Å²) in [6, 6.07) is 0. The van der Waals surface area contributed by atoms with Crippen LogP contribution in [0.3, 0.4) is 0 Å². The van der Waals surface area contributed by atoms with Gasteiger partial charge in [0.2, 0.25) is 5.91 Å². The summed E-state index contributed by atoms with van der Waals surface area (Å²) >= 11 is 0. The zero-order valence-corrected chi connectivity index (χ0v) is 20.3. The predicted octanol–water partition coefficient (Wildman–Crippen LogP) is 2.98. The average molecular weight is 510 g/mol. The summed E-state index contributed by atoms with van der Waals surface area (Å²) in [5.74, 6) is 1.09. The molecule has 0 spiro atoms. The van der Waals surface area contributed by atoms with Crippen LogP contribution >= 0.6 is 24.0 Å². The number of guanidine groups is 1. The van der Waals surface area contributed by atoms with Crippen molar-refractivity contribution in [2.75, 3.05) is 26.2 Å². The van der Waals surface area contributed by atoms with Crippen LogP contribution in [0.4, 0.5) is 0 Å². The quantitative estimate of drug-likeness (QED) is 0.124. The van der Waals surface area contributed by atoms with Crippen molar-refractivity contribution in [3.63, 3.8) is 0 Å². The topological polar surface area (TPSA) is 91.8 Å². The molecular weight excluding hydrogens is 471 g/mol. The summed E-state index contributed by atoms with van der Waals surface area (Å²) < 4.78 is 5.30. The molecule has 28 heavy (non-hydrogen) atoms. The minimum absolute atomic E-state index is 0. The van der Waals surface area contributed by atoms with Gasteiger partial charge in [0.25, 0.3) is 0 Å². The summed E-state index contributed by atoms with van der Waals surface area (Å²) in [4.78, 5) is 27.7. The Kier molecular flexibility index (Phi) is 14.3. The summed E-state index contributed by atoms with van der Waals surface area (Å²) in [5, 5.41) is 9.38. The van der Waals surface area contributed by atoms with Crippen LogP contribution in [-0.4, -0.2) is 49.6 Å². The summed E-state index contributed by atoms with van der Waals surface area (Å²) in [7, 11) is 0. The van der Waals surface area contributed by atoms with E-state index in [4.69, 9.17) is 4.74 Å². The summed E-state index contributed by atoms with van der Waals surface area (Å²) in [5.41, 5.74) is -0.401. The molecule has 0 atom stereocenters. The van der Waals surface area contributed by atoms with Gasteiger partial charge >= 0.3 is 5.97 Å². The number of hydrogen-bond acceptors (Lipinski definition) is 4. The Morgan fingerprint density at radius 3 is 2.25 bits per heavy atom. The summed E-state index contributed by atoms with van der Waals surface area (Å²) in [6.45, 7) is 10.5. The lowest BCUT2D eigenvalue weighted by Gasteiger charge is -2.19. The van der Waals surface area contributed by atoms with Crippen molar-refractivity contribution in [3.8, 4) is 0 Å². The normalized spacial score (nSPS) is 14.1. The number of nitrogens with zero attached hydrogens (tertiary/aromatic N) is 1. The maximum Gasteiger partial charge on any atom is 0.306 e. The molecule has 1 fully saturated rings. The van der Waals surface area contributed by atoms with Crippen molar-refractivity contribution in [2.24, 2.45) is 10.9 Å². The number of esters is 1. The Labute approximate surface area is 187 Å². The number of halogens is 1. The van der Waals surface area contributed by atoms with E-state index >= 15 is 0 Å². The highest BCUT2D eigenvalue weighted by Gasteiger charge is 2.28. The third-order valence-corrected chi connectivity index (χ3v) is 3.99. The average Bonchev–Trinajstić information content (AvgIpc) is 3.40. The van der Waals surface area contributed by atoms with Crippen molar-refractivity contribution in [2.45, 2.75) is 78.2 Å². The monoisotopic (exact) mass is 510 g/mol. The molecule has 0 bridgehead atoms. The van der Waals surface area contributed by atoms with Crippen molar-refractivity contribution < 1.29 is 14.3 Å². The molecule has 1 rings (SSSR count). The molecule has 0 aromatic heterocycles. The predicted molar refractivity (Wildman–Crippen MR) is 124 cm³/mol. The van der Waals surface area contributed by atoms with E-state index < -0.39 is 5.60 Å².